The molecule has 6 heteroatoms. The summed E-state index contributed by atoms with van der Waals surface area (Å²) in [6.45, 7) is 3.71. The number of nitrogens with one attached hydrogen (secondary N) is 2. The van der Waals surface area contributed by atoms with Crippen molar-refractivity contribution in [1.29, 1.82) is 0 Å². The van der Waals surface area contributed by atoms with Crippen molar-refractivity contribution >= 4 is 17.6 Å². The maximum Gasteiger partial charge on any atom is 0.319 e. The average molecular weight is 279 g/mol. The van der Waals surface area contributed by atoms with Gasteiger partial charge in [0.15, 0.2) is 0 Å². The zero-order valence-electron chi connectivity index (χ0n) is 12.2. The van der Waals surface area contributed by atoms with Gasteiger partial charge >= 0.3 is 6.03 Å². The van der Waals surface area contributed by atoms with Crippen LogP contribution in [0.15, 0.2) is 30.3 Å². The van der Waals surface area contributed by atoms with Crippen LogP contribution in [0.5, 0.6) is 0 Å². The molecule has 0 radical (unpaired) electrons. The Labute approximate surface area is 119 Å². The molecule has 6 nitrogen and oxygen atoms in total. The molecular formula is C14H21N3O3. The van der Waals surface area contributed by atoms with Gasteiger partial charge in [-0.2, -0.15) is 0 Å². The maximum atomic E-state index is 12.1. The van der Waals surface area contributed by atoms with Crippen LogP contribution < -0.4 is 10.6 Å². The minimum atomic E-state index is -0.649. The molecule has 1 atom stereocenters. The molecule has 0 aromatic heterocycles. The van der Waals surface area contributed by atoms with Crippen LogP contribution in [0.25, 0.3) is 0 Å². The zero-order chi connectivity index (χ0) is 15.1. The van der Waals surface area contributed by atoms with Crippen LogP contribution >= 0.6 is 0 Å². The van der Waals surface area contributed by atoms with E-state index in [9.17, 15) is 9.59 Å². The highest BCUT2D eigenvalue weighted by atomic mass is 16.7. The summed E-state index contributed by atoms with van der Waals surface area (Å²) in [6, 6.07) is 7.96. The van der Waals surface area contributed by atoms with Crippen molar-refractivity contribution in [2.24, 2.45) is 5.92 Å². The summed E-state index contributed by atoms with van der Waals surface area (Å²) in [5.74, 6) is -0.354. The smallest absolute Gasteiger partial charge is 0.319 e. The minimum Gasteiger partial charge on any atom is -0.326 e. The number of hydroxylamine groups is 2. The normalized spacial score (nSPS) is 11.8. The van der Waals surface area contributed by atoms with Gasteiger partial charge in [-0.05, 0) is 18.1 Å². The van der Waals surface area contributed by atoms with Gasteiger partial charge in [0, 0.05) is 12.7 Å². The molecule has 0 bridgehead atoms. The maximum absolute atomic E-state index is 12.1. The lowest BCUT2D eigenvalue weighted by molar-refractivity contribution is -0.171. The predicted molar refractivity (Wildman–Crippen MR) is 77.0 cm³/mol. The molecule has 0 fully saturated rings. The molecule has 0 aliphatic heterocycles. The van der Waals surface area contributed by atoms with E-state index < -0.39 is 12.1 Å². The third-order valence-electron chi connectivity index (χ3n) is 2.84. The van der Waals surface area contributed by atoms with E-state index in [4.69, 9.17) is 4.84 Å². The van der Waals surface area contributed by atoms with E-state index in [0.717, 1.165) is 5.06 Å². The Morgan fingerprint density at radius 3 is 2.30 bits per heavy atom. The van der Waals surface area contributed by atoms with Crippen LogP contribution in [0.1, 0.15) is 13.8 Å². The van der Waals surface area contributed by atoms with Gasteiger partial charge < -0.3 is 10.6 Å². The van der Waals surface area contributed by atoms with Gasteiger partial charge in [0.1, 0.15) is 6.04 Å². The number of likely N-dealkylation sites (N-methyl/N-ethyl adjacent to an activating group) is 1. The second-order valence-corrected chi connectivity index (χ2v) is 4.70. The SMILES string of the molecule is CON(C)C(=O)C(NC(=O)Nc1ccccc1)C(C)C. The van der Waals surface area contributed by atoms with Crippen LogP contribution in [0.2, 0.25) is 0 Å². The predicted octanol–water partition coefficient (Wildman–Crippen LogP) is 1.85. The van der Waals surface area contributed by atoms with Gasteiger partial charge in [0.25, 0.3) is 5.91 Å². The molecule has 2 N–H and O–H groups in total. The molecule has 0 aliphatic carbocycles. The van der Waals surface area contributed by atoms with Crippen LogP contribution in [-0.4, -0.2) is 37.2 Å². The van der Waals surface area contributed by atoms with E-state index in [1.54, 1.807) is 12.1 Å². The second-order valence-electron chi connectivity index (χ2n) is 4.70. The topological polar surface area (TPSA) is 70.7 Å². The van der Waals surface area contributed by atoms with Crippen molar-refractivity contribution in [3.05, 3.63) is 30.3 Å². The number of benzene rings is 1. The number of carbonyl (C=O) groups is 2. The van der Waals surface area contributed by atoms with Gasteiger partial charge in [-0.3, -0.25) is 9.63 Å². The monoisotopic (exact) mass is 279 g/mol. The van der Waals surface area contributed by atoms with E-state index >= 15 is 0 Å². The number of amides is 3. The third-order valence-corrected chi connectivity index (χ3v) is 2.84. The summed E-state index contributed by atoms with van der Waals surface area (Å²) in [6.07, 6.45) is 0. The molecule has 0 spiro atoms. The Balaban J connectivity index is 2.66. The molecule has 1 aromatic rings. The molecule has 3 amide bonds. The van der Waals surface area contributed by atoms with Gasteiger partial charge in [0.05, 0.1) is 7.11 Å². The Morgan fingerprint density at radius 1 is 1.20 bits per heavy atom. The van der Waals surface area contributed by atoms with Crippen molar-refractivity contribution in [3.63, 3.8) is 0 Å². The van der Waals surface area contributed by atoms with Crippen LogP contribution in [0.3, 0.4) is 0 Å². The fourth-order valence-corrected chi connectivity index (χ4v) is 1.63. The Kier molecular flexibility index (Phi) is 5.99. The number of carbonyl (C=O) groups excluding carboxylic acids is 2. The number of anilines is 1. The molecule has 0 saturated heterocycles. The highest BCUT2D eigenvalue weighted by Gasteiger charge is 2.27. The molecule has 1 unspecified atom stereocenters. The lowest BCUT2D eigenvalue weighted by atomic mass is 10.0. The summed E-state index contributed by atoms with van der Waals surface area (Å²) in [7, 11) is 2.91. The van der Waals surface area contributed by atoms with E-state index in [-0.39, 0.29) is 11.8 Å². The van der Waals surface area contributed by atoms with Crippen molar-refractivity contribution < 1.29 is 14.4 Å². The first kappa shape index (κ1) is 16.0. The van der Waals surface area contributed by atoms with Crippen LogP contribution in [-0.2, 0) is 9.63 Å². The van der Waals surface area contributed by atoms with Crippen molar-refractivity contribution in [1.82, 2.24) is 10.4 Å². The second kappa shape index (κ2) is 7.49. The highest BCUT2D eigenvalue weighted by Crippen LogP contribution is 2.08. The van der Waals surface area contributed by atoms with Crippen LogP contribution in [0, 0.1) is 5.92 Å². The summed E-state index contributed by atoms with van der Waals surface area (Å²) < 4.78 is 0. The molecular weight excluding hydrogens is 258 g/mol. The number of nitrogens with zero attached hydrogens (tertiary/aromatic N) is 1. The first-order chi connectivity index (χ1) is 9.45. The van der Waals surface area contributed by atoms with Crippen molar-refractivity contribution in [3.8, 4) is 0 Å². The number of urea groups is 1. The van der Waals surface area contributed by atoms with E-state index in [1.165, 1.54) is 14.2 Å². The Hall–Kier alpha value is -2.08. The number of para-hydroxylation sites is 1. The average Bonchev–Trinajstić information content (AvgIpc) is 2.44. The molecule has 110 valence electrons. The molecule has 0 aliphatic rings. The first-order valence-electron chi connectivity index (χ1n) is 6.40. The van der Waals surface area contributed by atoms with E-state index in [1.807, 2.05) is 32.0 Å². The van der Waals surface area contributed by atoms with Crippen molar-refractivity contribution in [2.75, 3.05) is 19.5 Å². The summed E-state index contributed by atoms with van der Waals surface area (Å²) in [4.78, 5) is 28.8. The highest BCUT2D eigenvalue weighted by molar-refractivity contribution is 5.93. The zero-order valence-corrected chi connectivity index (χ0v) is 12.2. The lowest BCUT2D eigenvalue weighted by Crippen LogP contribution is -2.51. The van der Waals surface area contributed by atoms with Crippen molar-refractivity contribution in [2.45, 2.75) is 19.9 Å². The third kappa shape index (κ3) is 4.55. The Bertz CT molecular complexity index is 448. The van der Waals surface area contributed by atoms with E-state index in [2.05, 4.69) is 10.6 Å². The number of hydrogen-bond acceptors (Lipinski definition) is 3. The summed E-state index contributed by atoms with van der Waals surface area (Å²) in [5, 5.41) is 6.44. The van der Waals surface area contributed by atoms with E-state index in [0.29, 0.717) is 5.69 Å². The van der Waals surface area contributed by atoms with Gasteiger partial charge in [-0.1, -0.05) is 32.0 Å². The van der Waals surface area contributed by atoms with Gasteiger partial charge in [-0.25, -0.2) is 9.86 Å². The van der Waals surface area contributed by atoms with Gasteiger partial charge in [-0.15, -0.1) is 0 Å². The quantitative estimate of drug-likeness (QED) is 0.808. The molecule has 0 heterocycles. The largest absolute Gasteiger partial charge is 0.326 e. The number of hydrogen-bond donors (Lipinski definition) is 2. The molecule has 1 aromatic carbocycles. The standard InChI is InChI=1S/C14H21N3O3/c1-10(2)12(13(18)17(3)20-4)16-14(19)15-11-8-6-5-7-9-11/h5-10,12H,1-4H3,(H2,15,16,19). The van der Waals surface area contributed by atoms with Gasteiger partial charge in [0.2, 0.25) is 0 Å². The summed E-state index contributed by atoms with van der Waals surface area (Å²) >= 11 is 0. The number of rotatable bonds is 5. The van der Waals surface area contributed by atoms with Crippen LogP contribution in [0.4, 0.5) is 10.5 Å². The fraction of sp³-hybridized carbons (Fsp3) is 0.429. The first-order valence-corrected chi connectivity index (χ1v) is 6.40. The fourth-order valence-electron chi connectivity index (χ4n) is 1.63. The molecule has 20 heavy (non-hydrogen) atoms. The molecule has 0 saturated carbocycles. The Morgan fingerprint density at radius 2 is 1.80 bits per heavy atom. The minimum absolute atomic E-state index is 0.0541. The lowest BCUT2D eigenvalue weighted by Gasteiger charge is -2.25. The molecule has 1 rings (SSSR count). The summed E-state index contributed by atoms with van der Waals surface area (Å²) in [5.41, 5.74) is 0.667.